The van der Waals surface area contributed by atoms with E-state index in [1.165, 1.54) is 16.6 Å². The normalized spacial score (nSPS) is 18.7. The number of morpholine rings is 1. The number of hydrogen-bond acceptors (Lipinski definition) is 6. The van der Waals surface area contributed by atoms with Crippen molar-refractivity contribution in [2.24, 2.45) is 0 Å². The summed E-state index contributed by atoms with van der Waals surface area (Å²) >= 11 is 0. The largest absolute Gasteiger partial charge is 0.392 e. The molecule has 1 atom stereocenters. The van der Waals surface area contributed by atoms with Crippen molar-refractivity contribution in [3.05, 3.63) is 18.3 Å². The lowest BCUT2D eigenvalue weighted by Crippen LogP contribution is -2.40. The third kappa shape index (κ3) is 3.66. The van der Waals surface area contributed by atoms with E-state index in [1.807, 2.05) is 0 Å². The first-order valence-corrected chi connectivity index (χ1v) is 7.90. The molecule has 0 radical (unpaired) electrons. The Hall–Kier alpha value is -1.22. The van der Waals surface area contributed by atoms with Gasteiger partial charge in [-0.1, -0.05) is 0 Å². The molecular weight excluding hydrogens is 282 g/mol. The maximum atomic E-state index is 12.3. The molecule has 0 aromatic carbocycles. The number of sulfonamides is 1. The summed E-state index contributed by atoms with van der Waals surface area (Å²) < 4.78 is 31.2. The van der Waals surface area contributed by atoms with E-state index in [0.29, 0.717) is 38.7 Å². The van der Waals surface area contributed by atoms with Gasteiger partial charge in [-0.2, -0.15) is 4.31 Å². The van der Waals surface area contributed by atoms with Gasteiger partial charge in [0, 0.05) is 25.8 Å². The predicted molar refractivity (Wildman–Crippen MR) is 74.0 cm³/mol. The molecule has 0 saturated carbocycles. The maximum absolute atomic E-state index is 12.3. The molecule has 2 N–H and O–H groups in total. The third-order valence-electron chi connectivity index (χ3n) is 2.92. The summed E-state index contributed by atoms with van der Waals surface area (Å²) in [6.45, 7) is 3.59. The van der Waals surface area contributed by atoms with E-state index < -0.39 is 16.1 Å². The smallest absolute Gasteiger partial charge is 0.244 e. The van der Waals surface area contributed by atoms with Crippen LogP contribution >= 0.6 is 0 Å². The van der Waals surface area contributed by atoms with Crippen molar-refractivity contribution in [2.75, 3.05) is 38.2 Å². The molecule has 8 heteroatoms. The Morgan fingerprint density at radius 1 is 1.45 bits per heavy atom. The van der Waals surface area contributed by atoms with Crippen LogP contribution in [-0.2, 0) is 14.8 Å². The molecule has 2 rings (SSSR count). The molecule has 0 bridgehead atoms. The van der Waals surface area contributed by atoms with E-state index in [-0.39, 0.29) is 4.90 Å². The molecule has 1 fully saturated rings. The first-order valence-electron chi connectivity index (χ1n) is 6.46. The van der Waals surface area contributed by atoms with E-state index in [1.54, 1.807) is 13.0 Å². The van der Waals surface area contributed by atoms with Gasteiger partial charge in [-0.05, 0) is 19.1 Å². The lowest BCUT2D eigenvalue weighted by molar-refractivity contribution is 0.0730. The molecule has 7 nitrogen and oxygen atoms in total. The van der Waals surface area contributed by atoms with Crippen molar-refractivity contribution in [1.82, 2.24) is 9.29 Å². The molecule has 112 valence electrons. The van der Waals surface area contributed by atoms with Crippen molar-refractivity contribution in [2.45, 2.75) is 17.9 Å². The number of pyridine rings is 1. The molecule has 1 saturated heterocycles. The zero-order chi connectivity index (χ0) is 14.6. The zero-order valence-corrected chi connectivity index (χ0v) is 12.1. The van der Waals surface area contributed by atoms with Gasteiger partial charge in [0.1, 0.15) is 10.7 Å². The van der Waals surface area contributed by atoms with E-state index >= 15 is 0 Å². The standard InChI is InChI=1S/C12H19N3O4S/c1-10(16)8-13-12-3-2-11(9-14-12)20(17,18)15-4-6-19-7-5-15/h2-3,9-10,16H,4-8H2,1H3,(H,13,14)/t10-/m0/s1. The Bertz CT molecular complexity index is 524. The summed E-state index contributed by atoms with van der Waals surface area (Å²) in [5.41, 5.74) is 0. The molecule has 1 aliphatic heterocycles. The first kappa shape index (κ1) is 15.2. The van der Waals surface area contributed by atoms with Gasteiger partial charge in [0.15, 0.2) is 0 Å². The van der Waals surface area contributed by atoms with Crippen LogP contribution in [0.3, 0.4) is 0 Å². The van der Waals surface area contributed by atoms with Crippen LogP contribution in [0.4, 0.5) is 5.82 Å². The Balaban J connectivity index is 2.08. The van der Waals surface area contributed by atoms with Crippen molar-refractivity contribution < 1.29 is 18.3 Å². The van der Waals surface area contributed by atoms with Crippen LogP contribution in [0.15, 0.2) is 23.2 Å². The highest BCUT2D eigenvalue weighted by atomic mass is 32.2. The minimum absolute atomic E-state index is 0.169. The van der Waals surface area contributed by atoms with Crippen molar-refractivity contribution in [3.8, 4) is 0 Å². The Kier molecular flexibility index (Phi) is 4.92. The van der Waals surface area contributed by atoms with E-state index in [9.17, 15) is 8.42 Å². The summed E-state index contributed by atoms with van der Waals surface area (Å²) in [4.78, 5) is 4.22. The molecule has 0 aliphatic carbocycles. The van der Waals surface area contributed by atoms with Gasteiger partial charge in [0.2, 0.25) is 10.0 Å². The fourth-order valence-electron chi connectivity index (χ4n) is 1.83. The highest BCUT2D eigenvalue weighted by molar-refractivity contribution is 7.89. The fraction of sp³-hybridized carbons (Fsp3) is 0.583. The highest BCUT2D eigenvalue weighted by Crippen LogP contribution is 2.17. The number of nitrogens with zero attached hydrogens (tertiary/aromatic N) is 2. The average molecular weight is 301 g/mol. The monoisotopic (exact) mass is 301 g/mol. The van der Waals surface area contributed by atoms with Crippen LogP contribution in [0.2, 0.25) is 0 Å². The van der Waals surface area contributed by atoms with Gasteiger partial charge < -0.3 is 15.2 Å². The highest BCUT2D eigenvalue weighted by Gasteiger charge is 2.26. The summed E-state index contributed by atoms with van der Waals surface area (Å²) in [5.74, 6) is 0.534. The van der Waals surface area contributed by atoms with Crippen LogP contribution in [0.1, 0.15) is 6.92 Å². The van der Waals surface area contributed by atoms with Gasteiger partial charge in [-0.15, -0.1) is 0 Å². The molecule has 20 heavy (non-hydrogen) atoms. The van der Waals surface area contributed by atoms with Gasteiger partial charge in [-0.3, -0.25) is 0 Å². The Labute approximate surface area is 118 Å². The summed E-state index contributed by atoms with van der Waals surface area (Å²) in [6, 6.07) is 3.11. The Morgan fingerprint density at radius 2 is 2.15 bits per heavy atom. The SMILES string of the molecule is C[C@H](O)CNc1ccc(S(=O)(=O)N2CCOCC2)cn1. The second-order valence-electron chi connectivity index (χ2n) is 4.63. The maximum Gasteiger partial charge on any atom is 0.244 e. The number of nitrogens with one attached hydrogen (secondary N) is 1. The van der Waals surface area contributed by atoms with Gasteiger partial charge in [0.05, 0.1) is 19.3 Å². The lowest BCUT2D eigenvalue weighted by Gasteiger charge is -2.25. The molecule has 1 aromatic heterocycles. The first-order chi connectivity index (χ1) is 9.50. The Morgan fingerprint density at radius 3 is 2.70 bits per heavy atom. The minimum atomic E-state index is -3.50. The molecule has 0 spiro atoms. The zero-order valence-electron chi connectivity index (χ0n) is 11.3. The fourth-order valence-corrected chi connectivity index (χ4v) is 3.18. The number of ether oxygens (including phenoxy) is 1. The second kappa shape index (κ2) is 6.49. The van der Waals surface area contributed by atoms with Gasteiger partial charge in [-0.25, -0.2) is 13.4 Å². The van der Waals surface area contributed by atoms with Gasteiger partial charge in [0.25, 0.3) is 0 Å². The molecule has 0 amide bonds. The van der Waals surface area contributed by atoms with Crippen molar-refractivity contribution in [3.63, 3.8) is 0 Å². The van der Waals surface area contributed by atoms with Crippen LogP contribution < -0.4 is 5.32 Å². The summed E-state index contributed by atoms with van der Waals surface area (Å²) in [5, 5.41) is 12.1. The average Bonchev–Trinajstić information content (AvgIpc) is 2.46. The van der Waals surface area contributed by atoms with Crippen LogP contribution in [0.25, 0.3) is 0 Å². The number of aliphatic hydroxyl groups excluding tert-OH is 1. The summed E-state index contributed by atoms with van der Waals surface area (Å²) in [6.07, 6.45) is 0.836. The molecular formula is C12H19N3O4S. The predicted octanol–water partition coefficient (Wildman–Crippen LogP) is -0.105. The number of aromatic nitrogens is 1. The molecule has 1 aliphatic rings. The second-order valence-corrected chi connectivity index (χ2v) is 6.56. The minimum Gasteiger partial charge on any atom is -0.392 e. The molecule has 2 heterocycles. The van der Waals surface area contributed by atoms with Crippen molar-refractivity contribution >= 4 is 15.8 Å². The number of aliphatic hydroxyl groups is 1. The number of anilines is 1. The van der Waals surface area contributed by atoms with E-state index in [0.717, 1.165) is 0 Å². The molecule has 0 unspecified atom stereocenters. The summed E-state index contributed by atoms with van der Waals surface area (Å²) in [7, 11) is -3.50. The van der Waals surface area contributed by atoms with Crippen LogP contribution in [-0.4, -0.2) is 61.8 Å². The van der Waals surface area contributed by atoms with Crippen molar-refractivity contribution in [1.29, 1.82) is 0 Å². The molecule has 1 aromatic rings. The lowest BCUT2D eigenvalue weighted by atomic mass is 10.4. The van der Waals surface area contributed by atoms with E-state index in [2.05, 4.69) is 10.3 Å². The number of hydrogen-bond donors (Lipinski definition) is 2. The van der Waals surface area contributed by atoms with E-state index in [4.69, 9.17) is 9.84 Å². The topological polar surface area (TPSA) is 91.8 Å². The van der Waals surface area contributed by atoms with Crippen LogP contribution in [0.5, 0.6) is 0 Å². The third-order valence-corrected chi connectivity index (χ3v) is 4.80. The van der Waals surface area contributed by atoms with Crippen LogP contribution in [0, 0.1) is 0 Å². The van der Waals surface area contributed by atoms with Gasteiger partial charge >= 0.3 is 0 Å². The number of rotatable bonds is 5. The quantitative estimate of drug-likeness (QED) is 0.789.